The fraction of sp³-hybridized carbons (Fsp3) is 0.474. The van der Waals surface area contributed by atoms with Crippen molar-refractivity contribution >= 4 is 12.0 Å². The van der Waals surface area contributed by atoms with Gasteiger partial charge in [0.1, 0.15) is 12.1 Å². The van der Waals surface area contributed by atoms with Crippen molar-refractivity contribution in [1.29, 1.82) is 0 Å². The van der Waals surface area contributed by atoms with Gasteiger partial charge >= 0.3 is 6.09 Å². The monoisotopic (exact) mass is 330 g/mol. The summed E-state index contributed by atoms with van der Waals surface area (Å²) in [6.07, 6.45) is -0.607. The van der Waals surface area contributed by atoms with Gasteiger partial charge in [-0.1, -0.05) is 36.3 Å². The van der Waals surface area contributed by atoms with Crippen LogP contribution in [0.5, 0.6) is 0 Å². The van der Waals surface area contributed by atoms with Crippen LogP contribution in [0.2, 0.25) is 0 Å². The molecule has 5 nitrogen and oxygen atoms in total. The van der Waals surface area contributed by atoms with Gasteiger partial charge < -0.3 is 15.0 Å². The molecular formula is C19H26N2O3. The van der Waals surface area contributed by atoms with Gasteiger partial charge in [0, 0.05) is 0 Å². The summed E-state index contributed by atoms with van der Waals surface area (Å²) in [6, 6.07) is 9.58. The van der Waals surface area contributed by atoms with Crippen LogP contribution in [0.15, 0.2) is 30.3 Å². The number of nitrogens with one attached hydrogen (secondary N) is 1. The Bertz CT molecular complexity index is 609. The number of ether oxygens (including phenoxy) is 1. The highest BCUT2D eigenvalue weighted by Gasteiger charge is 2.22. The van der Waals surface area contributed by atoms with Crippen LogP contribution in [0.1, 0.15) is 46.2 Å². The Balaban J connectivity index is 2.75. The minimum Gasteiger partial charge on any atom is -0.444 e. The molecule has 24 heavy (non-hydrogen) atoms. The summed E-state index contributed by atoms with van der Waals surface area (Å²) in [5.74, 6) is 5.51. The van der Waals surface area contributed by atoms with Crippen molar-refractivity contribution in [2.45, 2.75) is 46.3 Å². The van der Waals surface area contributed by atoms with Crippen molar-refractivity contribution in [3.05, 3.63) is 35.9 Å². The molecule has 0 heterocycles. The van der Waals surface area contributed by atoms with E-state index in [4.69, 9.17) is 4.74 Å². The van der Waals surface area contributed by atoms with Crippen LogP contribution in [0.3, 0.4) is 0 Å². The molecule has 0 saturated carbocycles. The molecule has 0 fully saturated rings. The predicted molar refractivity (Wildman–Crippen MR) is 94.3 cm³/mol. The van der Waals surface area contributed by atoms with Crippen LogP contribution in [-0.2, 0) is 9.53 Å². The maximum atomic E-state index is 12.5. The van der Waals surface area contributed by atoms with Gasteiger partial charge in [-0.2, -0.15) is 0 Å². The molecule has 0 aliphatic rings. The molecule has 1 aromatic rings. The normalized spacial score (nSPS) is 11.7. The van der Waals surface area contributed by atoms with Crippen LogP contribution in [0.25, 0.3) is 0 Å². The second-order valence-electron chi connectivity index (χ2n) is 6.39. The smallest absolute Gasteiger partial charge is 0.408 e. The van der Waals surface area contributed by atoms with Crippen molar-refractivity contribution in [1.82, 2.24) is 10.2 Å². The van der Waals surface area contributed by atoms with Crippen LogP contribution in [0.4, 0.5) is 4.79 Å². The quantitative estimate of drug-likeness (QED) is 0.844. The summed E-state index contributed by atoms with van der Waals surface area (Å²) >= 11 is 0. The van der Waals surface area contributed by atoms with E-state index in [2.05, 4.69) is 17.2 Å². The highest BCUT2D eigenvalue weighted by molar-refractivity contribution is 5.82. The Labute approximate surface area is 144 Å². The summed E-state index contributed by atoms with van der Waals surface area (Å²) in [5.41, 5.74) is 0.415. The van der Waals surface area contributed by atoms with E-state index in [0.717, 1.165) is 5.56 Å². The summed E-state index contributed by atoms with van der Waals surface area (Å²) < 4.78 is 5.15. The molecule has 0 bridgehead atoms. The molecule has 1 rings (SSSR count). The Hall–Kier alpha value is -2.48. The Morgan fingerprint density at radius 3 is 2.42 bits per heavy atom. The standard InChI is InChI=1S/C19H26N2O3/c1-6-7-13-21(15(2)16-11-9-8-10-12-16)17(22)14-20-18(23)24-19(3,4)5/h8-12,15H,13-14H2,1-5H3,(H,20,23)/t15-/m1/s1. The van der Waals surface area contributed by atoms with E-state index in [1.54, 1.807) is 32.6 Å². The van der Waals surface area contributed by atoms with Gasteiger partial charge in [-0.05, 0) is 40.2 Å². The molecule has 2 amide bonds. The van der Waals surface area contributed by atoms with Crippen LogP contribution < -0.4 is 5.32 Å². The van der Waals surface area contributed by atoms with Crippen LogP contribution in [-0.4, -0.2) is 35.6 Å². The molecule has 0 radical (unpaired) electrons. The van der Waals surface area contributed by atoms with Gasteiger partial charge in [0.25, 0.3) is 0 Å². The molecular weight excluding hydrogens is 304 g/mol. The lowest BCUT2D eigenvalue weighted by atomic mass is 10.1. The van der Waals surface area contributed by atoms with Crippen LogP contribution >= 0.6 is 0 Å². The Kier molecular flexibility index (Phi) is 7.31. The molecule has 0 aromatic heterocycles. The minimum atomic E-state index is -0.607. The van der Waals surface area contributed by atoms with Gasteiger partial charge in [0.15, 0.2) is 0 Å². The first-order valence-corrected chi connectivity index (χ1v) is 7.95. The lowest BCUT2D eigenvalue weighted by Gasteiger charge is -2.28. The van der Waals surface area contributed by atoms with Gasteiger partial charge in [0.05, 0.1) is 12.6 Å². The third kappa shape index (κ3) is 6.74. The van der Waals surface area contributed by atoms with E-state index in [1.165, 1.54) is 0 Å². The summed E-state index contributed by atoms with van der Waals surface area (Å²) in [5, 5.41) is 2.50. The number of hydrogen-bond acceptors (Lipinski definition) is 3. The first kappa shape index (κ1) is 19.6. The highest BCUT2D eigenvalue weighted by atomic mass is 16.6. The van der Waals surface area contributed by atoms with E-state index in [1.807, 2.05) is 37.3 Å². The molecule has 0 saturated heterocycles. The largest absolute Gasteiger partial charge is 0.444 e. The molecule has 0 unspecified atom stereocenters. The number of nitrogens with zero attached hydrogens (tertiary/aromatic N) is 1. The molecule has 1 atom stereocenters. The first-order valence-electron chi connectivity index (χ1n) is 7.95. The number of benzene rings is 1. The SMILES string of the molecule is CC#CCN(C(=O)CNC(=O)OC(C)(C)C)[C@H](C)c1ccccc1. The zero-order valence-corrected chi connectivity index (χ0v) is 15.1. The van der Waals surface area contributed by atoms with E-state index in [0.29, 0.717) is 6.54 Å². The van der Waals surface area contributed by atoms with Crippen molar-refractivity contribution in [2.24, 2.45) is 0 Å². The van der Waals surface area contributed by atoms with E-state index < -0.39 is 11.7 Å². The minimum absolute atomic E-state index is 0.127. The Morgan fingerprint density at radius 2 is 1.88 bits per heavy atom. The topological polar surface area (TPSA) is 58.6 Å². The van der Waals surface area contributed by atoms with Gasteiger partial charge in [-0.25, -0.2) is 4.79 Å². The van der Waals surface area contributed by atoms with Gasteiger partial charge in [-0.15, -0.1) is 5.92 Å². The Morgan fingerprint density at radius 1 is 1.25 bits per heavy atom. The number of hydrogen-bond donors (Lipinski definition) is 1. The van der Waals surface area contributed by atoms with Crippen molar-refractivity contribution in [3.8, 4) is 11.8 Å². The third-order valence-corrected chi connectivity index (χ3v) is 3.28. The van der Waals surface area contributed by atoms with E-state index >= 15 is 0 Å². The van der Waals surface area contributed by atoms with Gasteiger partial charge in [0.2, 0.25) is 5.91 Å². The lowest BCUT2D eigenvalue weighted by molar-refractivity contribution is -0.131. The molecule has 1 aromatic carbocycles. The average molecular weight is 330 g/mol. The fourth-order valence-electron chi connectivity index (χ4n) is 2.08. The zero-order valence-electron chi connectivity index (χ0n) is 15.1. The van der Waals surface area contributed by atoms with Crippen molar-refractivity contribution in [2.75, 3.05) is 13.1 Å². The van der Waals surface area contributed by atoms with Crippen molar-refractivity contribution in [3.63, 3.8) is 0 Å². The molecule has 0 spiro atoms. The number of alkyl carbamates (subject to hydrolysis) is 1. The number of carbonyl (C=O) groups is 2. The number of rotatable bonds is 5. The second kappa shape index (κ2) is 8.97. The zero-order chi connectivity index (χ0) is 18.2. The molecule has 0 aliphatic heterocycles. The maximum Gasteiger partial charge on any atom is 0.408 e. The molecule has 5 heteroatoms. The fourth-order valence-corrected chi connectivity index (χ4v) is 2.08. The van der Waals surface area contributed by atoms with Crippen LogP contribution in [0, 0.1) is 11.8 Å². The lowest BCUT2D eigenvalue weighted by Crippen LogP contribution is -2.43. The molecule has 1 N–H and O–H groups in total. The average Bonchev–Trinajstić information content (AvgIpc) is 2.52. The third-order valence-electron chi connectivity index (χ3n) is 3.28. The van der Waals surface area contributed by atoms with E-state index in [9.17, 15) is 9.59 Å². The van der Waals surface area contributed by atoms with E-state index in [-0.39, 0.29) is 18.5 Å². The molecule has 130 valence electrons. The first-order chi connectivity index (χ1) is 11.2. The highest BCUT2D eigenvalue weighted by Crippen LogP contribution is 2.19. The maximum absolute atomic E-state index is 12.5. The second-order valence-corrected chi connectivity index (χ2v) is 6.39. The predicted octanol–water partition coefficient (Wildman–Crippen LogP) is 3.12. The van der Waals surface area contributed by atoms with Gasteiger partial charge in [-0.3, -0.25) is 4.79 Å². The summed E-state index contributed by atoms with van der Waals surface area (Å²) in [4.78, 5) is 25.9. The number of carbonyl (C=O) groups excluding carboxylic acids is 2. The molecule has 0 aliphatic carbocycles. The summed E-state index contributed by atoms with van der Waals surface area (Å²) in [7, 11) is 0. The summed E-state index contributed by atoms with van der Waals surface area (Å²) in [6.45, 7) is 9.17. The van der Waals surface area contributed by atoms with Crippen molar-refractivity contribution < 1.29 is 14.3 Å². The number of amides is 2.